The molecule has 1 fully saturated rings. The molecule has 2 amide bonds. The molecule has 0 saturated carbocycles. The van der Waals surface area contributed by atoms with Gasteiger partial charge in [-0.2, -0.15) is 0 Å². The molecule has 1 atom stereocenters. The van der Waals surface area contributed by atoms with Gasteiger partial charge in [-0.15, -0.1) is 0 Å². The van der Waals surface area contributed by atoms with Crippen molar-refractivity contribution in [2.75, 3.05) is 24.6 Å². The van der Waals surface area contributed by atoms with Crippen LogP contribution in [0.2, 0.25) is 0 Å². The second-order valence-electron chi connectivity index (χ2n) is 5.76. The third-order valence-electron chi connectivity index (χ3n) is 3.94. The number of nitrogens with one attached hydrogen (secondary N) is 1. The van der Waals surface area contributed by atoms with Gasteiger partial charge in [-0.3, -0.25) is 9.59 Å². The molecule has 0 spiro atoms. The van der Waals surface area contributed by atoms with Crippen LogP contribution >= 0.6 is 0 Å². The number of rotatable bonds is 5. The normalized spacial score (nSPS) is 18.4. The second-order valence-corrected chi connectivity index (χ2v) is 5.76. The Morgan fingerprint density at radius 3 is 2.82 bits per heavy atom. The third-order valence-corrected chi connectivity index (χ3v) is 3.94. The molecule has 1 saturated heterocycles. The minimum Gasteiger partial charge on any atom is -0.365 e. The first-order chi connectivity index (χ1) is 10.5. The van der Waals surface area contributed by atoms with Crippen molar-refractivity contribution in [3.63, 3.8) is 0 Å². The van der Waals surface area contributed by atoms with Crippen LogP contribution in [0.1, 0.15) is 30.9 Å². The average molecular weight is 304 g/mol. The maximum absolute atomic E-state index is 12.1. The predicted molar refractivity (Wildman–Crippen MR) is 85.9 cm³/mol. The van der Waals surface area contributed by atoms with Gasteiger partial charge in [0.2, 0.25) is 5.91 Å². The first-order valence-electron chi connectivity index (χ1n) is 7.77. The monoisotopic (exact) mass is 304 g/mol. The lowest BCUT2D eigenvalue weighted by Crippen LogP contribution is -2.50. The summed E-state index contributed by atoms with van der Waals surface area (Å²) in [4.78, 5) is 25.4. The van der Waals surface area contributed by atoms with E-state index in [1.54, 1.807) is 4.90 Å². The summed E-state index contributed by atoms with van der Waals surface area (Å²) < 4.78 is 5.52. The van der Waals surface area contributed by atoms with Crippen molar-refractivity contribution in [2.45, 2.75) is 39.7 Å². The molecule has 1 aliphatic heterocycles. The van der Waals surface area contributed by atoms with Crippen molar-refractivity contribution in [3.8, 4) is 0 Å². The van der Waals surface area contributed by atoms with Gasteiger partial charge in [0.25, 0.3) is 5.91 Å². The van der Waals surface area contributed by atoms with Gasteiger partial charge in [0.1, 0.15) is 6.61 Å². The lowest BCUT2D eigenvalue weighted by molar-refractivity contribution is -0.129. The molecular formula is C17H24N2O3. The fourth-order valence-corrected chi connectivity index (χ4v) is 2.43. The SMILES string of the molecule is CCCC(=O)NCC1CN(c2ccc(C)c(C)c2)C(=O)CO1. The number of carbonyl (C=O) groups excluding carboxylic acids is 2. The quantitative estimate of drug-likeness (QED) is 0.904. The van der Waals surface area contributed by atoms with Crippen molar-refractivity contribution in [1.29, 1.82) is 0 Å². The van der Waals surface area contributed by atoms with Gasteiger partial charge in [0.05, 0.1) is 12.6 Å². The zero-order chi connectivity index (χ0) is 16.1. The summed E-state index contributed by atoms with van der Waals surface area (Å²) >= 11 is 0. The van der Waals surface area contributed by atoms with Gasteiger partial charge in [0, 0.05) is 18.7 Å². The van der Waals surface area contributed by atoms with Crippen LogP contribution in [-0.4, -0.2) is 37.6 Å². The zero-order valence-electron chi connectivity index (χ0n) is 13.5. The zero-order valence-corrected chi connectivity index (χ0v) is 13.5. The molecule has 0 bridgehead atoms. The maximum atomic E-state index is 12.1. The molecule has 1 heterocycles. The smallest absolute Gasteiger partial charge is 0.253 e. The molecule has 1 aromatic rings. The van der Waals surface area contributed by atoms with Crippen LogP contribution in [0.5, 0.6) is 0 Å². The van der Waals surface area contributed by atoms with E-state index in [1.165, 1.54) is 5.56 Å². The van der Waals surface area contributed by atoms with Crippen molar-refractivity contribution in [2.24, 2.45) is 0 Å². The highest BCUT2D eigenvalue weighted by molar-refractivity contribution is 5.95. The fraction of sp³-hybridized carbons (Fsp3) is 0.529. The summed E-state index contributed by atoms with van der Waals surface area (Å²) in [7, 11) is 0. The van der Waals surface area contributed by atoms with Crippen LogP contribution in [0.25, 0.3) is 0 Å². The van der Waals surface area contributed by atoms with E-state index in [4.69, 9.17) is 4.74 Å². The summed E-state index contributed by atoms with van der Waals surface area (Å²) in [5.41, 5.74) is 3.25. The van der Waals surface area contributed by atoms with Gasteiger partial charge in [-0.1, -0.05) is 13.0 Å². The first-order valence-corrected chi connectivity index (χ1v) is 7.77. The van der Waals surface area contributed by atoms with Crippen molar-refractivity contribution < 1.29 is 14.3 Å². The van der Waals surface area contributed by atoms with Crippen molar-refractivity contribution in [3.05, 3.63) is 29.3 Å². The molecule has 1 aromatic carbocycles. The highest BCUT2D eigenvalue weighted by Gasteiger charge is 2.27. The summed E-state index contributed by atoms with van der Waals surface area (Å²) in [6.07, 6.45) is 1.18. The number of benzene rings is 1. The predicted octanol–water partition coefficient (Wildman–Crippen LogP) is 1.95. The van der Waals surface area contributed by atoms with Gasteiger partial charge in [0.15, 0.2) is 0 Å². The van der Waals surface area contributed by atoms with E-state index in [9.17, 15) is 9.59 Å². The molecule has 22 heavy (non-hydrogen) atoms. The fourth-order valence-electron chi connectivity index (χ4n) is 2.43. The van der Waals surface area contributed by atoms with Gasteiger partial charge < -0.3 is 15.0 Å². The lowest BCUT2D eigenvalue weighted by Gasteiger charge is -2.33. The number of hydrogen-bond acceptors (Lipinski definition) is 3. The Labute approximate surface area is 131 Å². The van der Waals surface area contributed by atoms with Crippen molar-refractivity contribution >= 4 is 17.5 Å². The van der Waals surface area contributed by atoms with E-state index in [0.29, 0.717) is 19.5 Å². The Hall–Kier alpha value is -1.88. The number of carbonyl (C=O) groups is 2. The maximum Gasteiger partial charge on any atom is 0.253 e. The summed E-state index contributed by atoms with van der Waals surface area (Å²) in [5.74, 6) is -0.0138. The first kappa shape index (κ1) is 16.5. The largest absolute Gasteiger partial charge is 0.365 e. The second kappa shape index (κ2) is 7.40. The van der Waals surface area contributed by atoms with E-state index < -0.39 is 0 Å². The van der Waals surface area contributed by atoms with E-state index in [-0.39, 0.29) is 24.5 Å². The Kier molecular flexibility index (Phi) is 5.55. The number of anilines is 1. The van der Waals surface area contributed by atoms with Crippen molar-refractivity contribution in [1.82, 2.24) is 5.32 Å². The Morgan fingerprint density at radius 2 is 2.14 bits per heavy atom. The molecule has 0 aromatic heterocycles. The topological polar surface area (TPSA) is 58.6 Å². The minimum absolute atomic E-state index is 0.0285. The number of hydrogen-bond donors (Lipinski definition) is 1. The van der Waals surface area contributed by atoms with E-state index >= 15 is 0 Å². The molecule has 5 nitrogen and oxygen atoms in total. The summed E-state index contributed by atoms with van der Waals surface area (Å²) in [6.45, 7) is 7.01. The Balaban J connectivity index is 2.00. The number of amides is 2. The standard InChI is InChI=1S/C17H24N2O3/c1-4-5-16(20)18-9-15-10-19(17(21)11-22-15)14-7-6-12(2)13(3)8-14/h6-8,15H,4-5,9-11H2,1-3H3,(H,18,20). The number of nitrogens with zero attached hydrogens (tertiary/aromatic N) is 1. The molecule has 120 valence electrons. The molecular weight excluding hydrogens is 280 g/mol. The minimum atomic E-state index is -0.167. The Morgan fingerprint density at radius 1 is 1.36 bits per heavy atom. The van der Waals surface area contributed by atoms with Crippen LogP contribution < -0.4 is 10.2 Å². The number of morpholine rings is 1. The van der Waals surface area contributed by atoms with Gasteiger partial charge in [-0.25, -0.2) is 0 Å². The van der Waals surface area contributed by atoms with Crippen LogP contribution in [0.15, 0.2) is 18.2 Å². The summed E-state index contributed by atoms with van der Waals surface area (Å²) in [6, 6.07) is 6.00. The van der Waals surface area contributed by atoms with E-state index in [2.05, 4.69) is 5.32 Å². The number of ether oxygens (including phenoxy) is 1. The van der Waals surface area contributed by atoms with Crippen LogP contribution in [0.4, 0.5) is 5.69 Å². The highest BCUT2D eigenvalue weighted by Crippen LogP contribution is 2.21. The Bertz CT molecular complexity index is 557. The molecule has 5 heteroatoms. The van der Waals surface area contributed by atoms with Crippen LogP contribution in [-0.2, 0) is 14.3 Å². The highest BCUT2D eigenvalue weighted by atomic mass is 16.5. The molecule has 2 rings (SSSR count). The van der Waals surface area contributed by atoms with E-state index in [1.807, 2.05) is 39.0 Å². The van der Waals surface area contributed by atoms with Gasteiger partial charge in [-0.05, 0) is 43.5 Å². The molecule has 0 aliphatic carbocycles. The van der Waals surface area contributed by atoms with Gasteiger partial charge >= 0.3 is 0 Å². The molecule has 1 unspecified atom stereocenters. The molecule has 1 N–H and O–H groups in total. The lowest BCUT2D eigenvalue weighted by atomic mass is 10.1. The third kappa shape index (κ3) is 4.07. The number of aryl methyl sites for hydroxylation is 2. The van der Waals surface area contributed by atoms with Crippen LogP contribution in [0, 0.1) is 13.8 Å². The molecule has 0 radical (unpaired) electrons. The average Bonchev–Trinajstić information content (AvgIpc) is 2.49. The van der Waals surface area contributed by atoms with E-state index in [0.717, 1.165) is 17.7 Å². The summed E-state index contributed by atoms with van der Waals surface area (Å²) in [5, 5.41) is 2.86. The van der Waals surface area contributed by atoms with Crippen LogP contribution in [0.3, 0.4) is 0 Å². The molecule has 1 aliphatic rings.